The lowest BCUT2D eigenvalue weighted by atomic mass is 10.2. The Bertz CT molecular complexity index is 446. The van der Waals surface area contributed by atoms with Gasteiger partial charge in [0.1, 0.15) is 12.0 Å². The first kappa shape index (κ1) is 13.1. The maximum Gasteiger partial charge on any atom is 0.331 e. The van der Waals surface area contributed by atoms with Crippen molar-refractivity contribution >= 4 is 23.8 Å². The van der Waals surface area contributed by atoms with Crippen LogP contribution in [0, 0.1) is 10.7 Å². The van der Waals surface area contributed by atoms with E-state index in [-0.39, 0.29) is 6.61 Å². The van der Waals surface area contributed by atoms with Crippen LogP contribution in [0.1, 0.15) is 5.56 Å². The second-order valence-electron chi connectivity index (χ2n) is 2.95. The molecule has 0 N–H and O–H groups in total. The average Bonchev–Trinajstić information content (AvgIpc) is 2.36. The normalized spacial score (nSPS) is 10.5. The third-order valence-corrected chi connectivity index (χ3v) is 2.13. The maximum absolute atomic E-state index is 11.1. The van der Waals surface area contributed by atoms with Gasteiger partial charge in [0.15, 0.2) is 0 Å². The number of carbonyl (C=O) groups is 1. The molecular weight excluding hydrogens is 234 g/mol. The van der Waals surface area contributed by atoms with Crippen LogP contribution in [0.25, 0.3) is 6.08 Å². The number of nitriles is 1. The lowest BCUT2D eigenvalue weighted by molar-refractivity contribution is -0.136. The molecule has 1 rings (SSSR count). The molecule has 0 aromatic heterocycles. The van der Waals surface area contributed by atoms with Crippen LogP contribution in [0.5, 0.6) is 0 Å². The summed E-state index contributed by atoms with van der Waals surface area (Å²) in [5.74, 6) is -0.453. The van der Waals surface area contributed by atoms with E-state index in [1.165, 1.54) is 11.5 Å². The van der Waals surface area contributed by atoms with E-state index in [2.05, 4.69) is 0 Å². The Morgan fingerprint density at radius 2 is 2.18 bits per heavy atom. The molecule has 0 saturated heterocycles. The fraction of sp³-hybridized carbons (Fsp3) is 0.0769. The quantitative estimate of drug-likeness (QED) is 0.454. The summed E-state index contributed by atoms with van der Waals surface area (Å²) in [7, 11) is 0. The molecule has 0 atom stereocenters. The summed E-state index contributed by atoms with van der Waals surface area (Å²) in [6.45, 7) is 0.218. The van der Waals surface area contributed by atoms with Gasteiger partial charge in [0.25, 0.3) is 0 Å². The first-order chi connectivity index (χ1) is 8.33. The van der Waals surface area contributed by atoms with Gasteiger partial charge in [0.2, 0.25) is 0 Å². The van der Waals surface area contributed by atoms with Crippen molar-refractivity contribution in [3.8, 4) is 5.40 Å². The SMILES string of the molecule is N#CS/C=C\C(=O)OCC=Cc1ccccc1. The molecule has 86 valence electrons. The largest absolute Gasteiger partial charge is 0.458 e. The fourth-order valence-electron chi connectivity index (χ4n) is 1.05. The summed E-state index contributed by atoms with van der Waals surface area (Å²) in [6.07, 6.45) is 4.86. The smallest absolute Gasteiger partial charge is 0.331 e. The highest BCUT2D eigenvalue weighted by Gasteiger charge is 1.93. The second-order valence-corrected chi connectivity index (χ2v) is 3.65. The molecule has 0 heterocycles. The standard InChI is InChI=1S/C13H11NO2S/c14-11-17-10-8-13(15)16-9-4-7-12-5-2-1-3-6-12/h1-8,10H,9H2/b7-4?,10-8-. The van der Waals surface area contributed by atoms with Crippen LogP contribution in [0.4, 0.5) is 0 Å². The Hall–Kier alpha value is -1.99. The highest BCUT2D eigenvalue weighted by molar-refractivity contribution is 8.06. The molecule has 0 radical (unpaired) electrons. The monoisotopic (exact) mass is 245 g/mol. The van der Waals surface area contributed by atoms with Gasteiger partial charge in [-0.05, 0) is 28.8 Å². The summed E-state index contributed by atoms with van der Waals surface area (Å²) in [4.78, 5) is 11.1. The number of esters is 1. The van der Waals surface area contributed by atoms with Gasteiger partial charge in [-0.2, -0.15) is 5.26 Å². The molecule has 4 heteroatoms. The van der Waals surface area contributed by atoms with E-state index in [4.69, 9.17) is 10.00 Å². The van der Waals surface area contributed by atoms with Crippen molar-refractivity contribution in [3.05, 3.63) is 53.5 Å². The molecule has 0 aliphatic rings. The Morgan fingerprint density at radius 1 is 1.41 bits per heavy atom. The average molecular weight is 245 g/mol. The van der Waals surface area contributed by atoms with Gasteiger partial charge in [0, 0.05) is 6.08 Å². The van der Waals surface area contributed by atoms with Crippen LogP contribution in [0.15, 0.2) is 47.9 Å². The van der Waals surface area contributed by atoms with E-state index in [0.717, 1.165) is 17.3 Å². The minimum Gasteiger partial charge on any atom is -0.458 e. The lowest BCUT2D eigenvalue weighted by Gasteiger charge is -1.96. The van der Waals surface area contributed by atoms with Gasteiger partial charge in [-0.25, -0.2) is 4.79 Å². The number of thioether (sulfide) groups is 1. The van der Waals surface area contributed by atoms with Crippen LogP contribution in [-0.2, 0) is 9.53 Å². The van der Waals surface area contributed by atoms with Crippen molar-refractivity contribution in [2.45, 2.75) is 0 Å². The highest BCUT2D eigenvalue weighted by Crippen LogP contribution is 2.01. The van der Waals surface area contributed by atoms with Crippen molar-refractivity contribution in [3.63, 3.8) is 0 Å². The number of hydrogen-bond acceptors (Lipinski definition) is 4. The maximum atomic E-state index is 11.1. The van der Waals surface area contributed by atoms with Crippen LogP contribution in [-0.4, -0.2) is 12.6 Å². The van der Waals surface area contributed by atoms with E-state index < -0.39 is 5.97 Å². The Labute approximate surface area is 104 Å². The van der Waals surface area contributed by atoms with E-state index in [0.29, 0.717) is 0 Å². The molecule has 0 bridgehead atoms. The summed E-state index contributed by atoms with van der Waals surface area (Å²) < 4.78 is 4.88. The van der Waals surface area contributed by atoms with Gasteiger partial charge in [-0.1, -0.05) is 36.4 Å². The second kappa shape index (κ2) is 8.20. The highest BCUT2D eigenvalue weighted by atomic mass is 32.2. The number of thiocyanates is 1. The fourth-order valence-corrected chi connectivity index (χ4v) is 1.29. The van der Waals surface area contributed by atoms with Gasteiger partial charge in [-0.15, -0.1) is 0 Å². The van der Waals surface area contributed by atoms with Gasteiger partial charge in [0.05, 0.1) is 0 Å². The zero-order valence-electron chi connectivity index (χ0n) is 9.08. The molecule has 1 aromatic rings. The van der Waals surface area contributed by atoms with Crippen molar-refractivity contribution in [2.24, 2.45) is 0 Å². The molecular formula is C13H11NO2S. The summed E-state index contributed by atoms with van der Waals surface area (Å²) >= 11 is 0.879. The van der Waals surface area contributed by atoms with Crippen LogP contribution >= 0.6 is 11.8 Å². The van der Waals surface area contributed by atoms with Gasteiger partial charge in [-0.3, -0.25) is 0 Å². The number of rotatable bonds is 5. The first-order valence-corrected chi connectivity index (χ1v) is 5.80. The molecule has 17 heavy (non-hydrogen) atoms. The first-order valence-electron chi connectivity index (χ1n) is 4.92. The molecule has 0 amide bonds. The molecule has 0 aliphatic carbocycles. The summed E-state index contributed by atoms with van der Waals surface area (Å²) in [5.41, 5.74) is 1.05. The minimum absolute atomic E-state index is 0.218. The van der Waals surface area contributed by atoms with Crippen molar-refractivity contribution in [1.82, 2.24) is 0 Å². The molecule has 0 spiro atoms. The van der Waals surface area contributed by atoms with Gasteiger partial charge < -0.3 is 4.74 Å². The number of carbonyl (C=O) groups excluding carboxylic acids is 1. The Kier molecular flexibility index (Phi) is 6.30. The van der Waals surface area contributed by atoms with E-state index >= 15 is 0 Å². The Morgan fingerprint density at radius 3 is 2.88 bits per heavy atom. The number of nitrogens with zero attached hydrogens (tertiary/aromatic N) is 1. The van der Waals surface area contributed by atoms with Crippen molar-refractivity contribution in [1.29, 1.82) is 5.26 Å². The third-order valence-electron chi connectivity index (χ3n) is 1.76. The Balaban J connectivity index is 2.26. The van der Waals surface area contributed by atoms with Crippen LogP contribution in [0.2, 0.25) is 0 Å². The molecule has 3 nitrogen and oxygen atoms in total. The predicted octanol–water partition coefficient (Wildman–Crippen LogP) is 2.97. The van der Waals surface area contributed by atoms with Crippen molar-refractivity contribution < 1.29 is 9.53 Å². The molecule has 0 fully saturated rings. The van der Waals surface area contributed by atoms with Gasteiger partial charge >= 0.3 is 5.97 Å². The van der Waals surface area contributed by atoms with E-state index in [9.17, 15) is 4.79 Å². The zero-order chi connectivity index (χ0) is 12.3. The van der Waals surface area contributed by atoms with E-state index in [1.807, 2.05) is 41.8 Å². The van der Waals surface area contributed by atoms with Crippen molar-refractivity contribution in [2.75, 3.05) is 6.61 Å². The number of ether oxygens (including phenoxy) is 1. The predicted molar refractivity (Wildman–Crippen MR) is 68.8 cm³/mol. The number of benzene rings is 1. The zero-order valence-corrected chi connectivity index (χ0v) is 9.89. The molecule has 0 aliphatic heterocycles. The summed E-state index contributed by atoms with van der Waals surface area (Å²) in [6, 6.07) is 9.74. The molecule has 0 saturated carbocycles. The van der Waals surface area contributed by atoms with Crippen LogP contribution < -0.4 is 0 Å². The minimum atomic E-state index is -0.453. The lowest BCUT2D eigenvalue weighted by Crippen LogP contribution is -1.99. The topological polar surface area (TPSA) is 50.1 Å². The van der Waals surface area contributed by atoms with Crippen LogP contribution in [0.3, 0.4) is 0 Å². The third kappa shape index (κ3) is 6.23. The summed E-state index contributed by atoms with van der Waals surface area (Å²) in [5, 5.41) is 11.4. The molecule has 0 unspecified atom stereocenters. The molecule has 1 aromatic carbocycles. The van der Waals surface area contributed by atoms with E-state index in [1.54, 1.807) is 6.08 Å². The number of hydrogen-bond donors (Lipinski definition) is 0.